The van der Waals surface area contributed by atoms with Crippen molar-refractivity contribution in [3.05, 3.63) is 29.6 Å². The van der Waals surface area contributed by atoms with E-state index >= 15 is 0 Å². The molecule has 1 rings (SSSR count). The summed E-state index contributed by atoms with van der Waals surface area (Å²) in [5, 5.41) is 2.93. The minimum Gasteiger partial charge on any atom is -0.357 e. The van der Waals surface area contributed by atoms with Gasteiger partial charge in [-0.2, -0.15) is 13.2 Å². The molecule has 0 aromatic heterocycles. The molecule has 0 aliphatic rings. The highest BCUT2D eigenvalue weighted by molar-refractivity contribution is 5.57. The van der Waals surface area contributed by atoms with E-state index in [9.17, 15) is 17.6 Å². The zero-order chi connectivity index (χ0) is 15.5. The highest BCUT2D eigenvalue weighted by Gasteiger charge is 2.34. The van der Waals surface area contributed by atoms with Crippen LogP contribution in [-0.4, -0.2) is 25.8 Å². The van der Waals surface area contributed by atoms with Crippen LogP contribution in [0.2, 0.25) is 0 Å². The Morgan fingerprint density at radius 3 is 2.25 bits per heavy atom. The number of para-hydroxylation sites is 1. The van der Waals surface area contributed by atoms with Crippen LogP contribution in [0.4, 0.5) is 23.2 Å². The highest BCUT2D eigenvalue weighted by Crippen LogP contribution is 2.32. The van der Waals surface area contributed by atoms with Crippen LogP contribution in [0.1, 0.15) is 32.4 Å². The van der Waals surface area contributed by atoms with Crippen molar-refractivity contribution < 1.29 is 17.6 Å². The lowest BCUT2D eigenvalue weighted by atomic mass is 10.0. The Labute approximate surface area is 116 Å². The maximum atomic E-state index is 14.1. The summed E-state index contributed by atoms with van der Waals surface area (Å²) in [5.74, 6) is -0.637. The van der Waals surface area contributed by atoms with Crippen molar-refractivity contribution in [2.45, 2.75) is 39.0 Å². The van der Waals surface area contributed by atoms with Crippen molar-refractivity contribution in [2.75, 3.05) is 18.5 Å². The van der Waals surface area contributed by atoms with Crippen LogP contribution >= 0.6 is 0 Å². The Balaban J connectivity index is 3.32. The Hall–Kier alpha value is -1.30. The van der Waals surface area contributed by atoms with Crippen LogP contribution < -0.4 is 10.2 Å². The molecule has 0 amide bonds. The van der Waals surface area contributed by atoms with Gasteiger partial charge >= 0.3 is 6.18 Å². The van der Waals surface area contributed by atoms with Crippen molar-refractivity contribution in [3.63, 3.8) is 0 Å². The molecule has 0 fully saturated rings. The number of benzene rings is 1. The topological polar surface area (TPSA) is 15.3 Å². The third-order valence-corrected chi connectivity index (χ3v) is 3.18. The first-order valence-corrected chi connectivity index (χ1v) is 6.46. The molecule has 20 heavy (non-hydrogen) atoms. The minimum absolute atomic E-state index is 0.0154. The number of alkyl halides is 3. The third-order valence-electron chi connectivity index (χ3n) is 3.18. The Morgan fingerprint density at radius 2 is 1.80 bits per heavy atom. The van der Waals surface area contributed by atoms with Gasteiger partial charge in [0.25, 0.3) is 0 Å². The fourth-order valence-corrected chi connectivity index (χ4v) is 2.05. The summed E-state index contributed by atoms with van der Waals surface area (Å²) in [6.07, 6.45) is -4.38. The van der Waals surface area contributed by atoms with Gasteiger partial charge in [-0.15, -0.1) is 0 Å². The fourth-order valence-electron chi connectivity index (χ4n) is 2.05. The number of anilines is 1. The van der Waals surface area contributed by atoms with Crippen molar-refractivity contribution in [3.8, 4) is 0 Å². The van der Waals surface area contributed by atoms with Crippen LogP contribution in [0.3, 0.4) is 0 Å². The molecular weight excluding hydrogens is 272 g/mol. The summed E-state index contributed by atoms with van der Waals surface area (Å²) in [6.45, 7) is 3.84. The van der Waals surface area contributed by atoms with E-state index in [1.54, 1.807) is 33.9 Å². The molecule has 0 saturated carbocycles. The van der Waals surface area contributed by atoms with E-state index in [4.69, 9.17) is 0 Å². The molecular formula is C14H20F4N2. The SMILES string of the molecule is CNC(C)c1cccc(F)c1N(CC(F)(F)F)C(C)C. The average molecular weight is 292 g/mol. The second kappa shape index (κ2) is 6.43. The molecule has 0 saturated heterocycles. The molecule has 0 bridgehead atoms. The van der Waals surface area contributed by atoms with E-state index in [1.807, 2.05) is 0 Å². The maximum absolute atomic E-state index is 14.1. The molecule has 0 aliphatic carbocycles. The molecule has 0 heterocycles. The van der Waals surface area contributed by atoms with E-state index < -0.39 is 24.6 Å². The fraction of sp³-hybridized carbons (Fsp3) is 0.571. The van der Waals surface area contributed by atoms with Crippen molar-refractivity contribution >= 4 is 5.69 Å². The molecule has 0 radical (unpaired) electrons. The third kappa shape index (κ3) is 4.10. The van der Waals surface area contributed by atoms with E-state index in [1.165, 1.54) is 12.1 Å². The molecule has 1 unspecified atom stereocenters. The highest BCUT2D eigenvalue weighted by atomic mass is 19.4. The van der Waals surface area contributed by atoms with Gasteiger partial charge in [-0.1, -0.05) is 12.1 Å². The zero-order valence-electron chi connectivity index (χ0n) is 12.1. The van der Waals surface area contributed by atoms with E-state index in [0.29, 0.717) is 5.56 Å². The molecule has 1 aromatic rings. The predicted molar refractivity (Wildman–Crippen MR) is 72.4 cm³/mol. The Kier molecular flexibility index (Phi) is 5.39. The monoisotopic (exact) mass is 292 g/mol. The summed E-state index contributed by atoms with van der Waals surface area (Å²) in [5.41, 5.74) is 0.534. The number of hydrogen-bond donors (Lipinski definition) is 1. The quantitative estimate of drug-likeness (QED) is 0.828. The Bertz CT molecular complexity index is 443. The average Bonchev–Trinajstić information content (AvgIpc) is 2.33. The molecule has 1 atom stereocenters. The zero-order valence-corrected chi connectivity index (χ0v) is 12.1. The maximum Gasteiger partial charge on any atom is 0.405 e. The molecule has 1 aromatic carbocycles. The van der Waals surface area contributed by atoms with Crippen LogP contribution in [-0.2, 0) is 0 Å². The summed E-state index contributed by atoms with van der Waals surface area (Å²) in [7, 11) is 1.68. The van der Waals surface area contributed by atoms with Gasteiger partial charge in [-0.3, -0.25) is 0 Å². The van der Waals surface area contributed by atoms with Crippen LogP contribution in [0.15, 0.2) is 18.2 Å². The summed E-state index contributed by atoms with van der Waals surface area (Å²) in [4.78, 5) is 1.05. The summed E-state index contributed by atoms with van der Waals surface area (Å²) < 4.78 is 52.3. The lowest BCUT2D eigenvalue weighted by Gasteiger charge is -2.33. The van der Waals surface area contributed by atoms with E-state index in [2.05, 4.69) is 5.32 Å². The van der Waals surface area contributed by atoms with Crippen LogP contribution in [0.5, 0.6) is 0 Å². The first-order valence-electron chi connectivity index (χ1n) is 6.46. The van der Waals surface area contributed by atoms with Gasteiger partial charge in [0.15, 0.2) is 0 Å². The van der Waals surface area contributed by atoms with Gasteiger partial charge in [0.2, 0.25) is 0 Å². The molecule has 6 heteroatoms. The molecule has 1 N–H and O–H groups in total. The number of nitrogens with zero attached hydrogens (tertiary/aromatic N) is 1. The normalized spacial score (nSPS) is 13.7. The van der Waals surface area contributed by atoms with Gasteiger partial charge < -0.3 is 10.2 Å². The summed E-state index contributed by atoms with van der Waals surface area (Å²) in [6, 6.07) is 3.64. The molecule has 0 spiro atoms. The van der Waals surface area contributed by atoms with Crippen LogP contribution in [0.25, 0.3) is 0 Å². The van der Waals surface area contributed by atoms with Gasteiger partial charge in [0, 0.05) is 12.1 Å². The largest absolute Gasteiger partial charge is 0.405 e. The van der Waals surface area contributed by atoms with Gasteiger partial charge in [0.1, 0.15) is 12.4 Å². The smallest absolute Gasteiger partial charge is 0.357 e. The van der Waals surface area contributed by atoms with Crippen molar-refractivity contribution in [2.24, 2.45) is 0 Å². The number of nitrogens with one attached hydrogen (secondary N) is 1. The second-order valence-electron chi connectivity index (χ2n) is 5.02. The number of halogens is 4. The van der Waals surface area contributed by atoms with Crippen LogP contribution in [0, 0.1) is 5.82 Å². The standard InChI is InChI=1S/C14H20F4N2/c1-9(2)20(8-14(16,17)18)13-11(10(3)19-4)6-5-7-12(13)15/h5-7,9-10,19H,8H2,1-4H3. The number of hydrogen-bond acceptors (Lipinski definition) is 2. The predicted octanol–water partition coefficient (Wildman–Crippen LogP) is 3.88. The molecule has 0 aliphatic heterocycles. The lowest BCUT2D eigenvalue weighted by Crippen LogP contribution is -2.40. The van der Waals surface area contributed by atoms with Gasteiger partial charge in [0.05, 0.1) is 5.69 Å². The van der Waals surface area contributed by atoms with Crippen molar-refractivity contribution in [1.82, 2.24) is 5.32 Å². The minimum atomic E-state index is -4.38. The van der Waals surface area contributed by atoms with Crippen molar-refractivity contribution in [1.29, 1.82) is 0 Å². The first-order chi connectivity index (χ1) is 9.17. The molecule has 114 valence electrons. The summed E-state index contributed by atoms with van der Waals surface area (Å²) >= 11 is 0. The van der Waals surface area contributed by atoms with Gasteiger partial charge in [-0.25, -0.2) is 4.39 Å². The second-order valence-corrected chi connectivity index (χ2v) is 5.02. The first kappa shape index (κ1) is 16.8. The molecule has 2 nitrogen and oxygen atoms in total. The van der Waals surface area contributed by atoms with Gasteiger partial charge in [-0.05, 0) is 39.4 Å². The lowest BCUT2D eigenvalue weighted by molar-refractivity contribution is -0.120. The van der Waals surface area contributed by atoms with E-state index in [0.717, 1.165) is 4.90 Å². The van der Waals surface area contributed by atoms with E-state index in [-0.39, 0.29) is 11.7 Å². The Morgan fingerprint density at radius 1 is 1.20 bits per heavy atom. The number of rotatable bonds is 5.